The summed E-state index contributed by atoms with van der Waals surface area (Å²) in [5.41, 5.74) is 1.77. The lowest BCUT2D eigenvalue weighted by molar-refractivity contribution is -0.121. The second-order valence-electron chi connectivity index (χ2n) is 5.29. The van der Waals surface area contributed by atoms with E-state index in [1.807, 2.05) is 60.7 Å². The van der Waals surface area contributed by atoms with E-state index in [1.54, 1.807) is 9.80 Å². The van der Waals surface area contributed by atoms with Gasteiger partial charge in [-0.2, -0.15) is 0 Å². The van der Waals surface area contributed by atoms with Crippen LogP contribution in [0.15, 0.2) is 60.7 Å². The van der Waals surface area contributed by atoms with E-state index in [4.69, 9.17) is 0 Å². The molecule has 2 atom stereocenters. The minimum Gasteiger partial charge on any atom is -0.362 e. The zero-order chi connectivity index (χ0) is 16.1. The Bertz CT molecular complexity index is 593. The van der Waals surface area contributed by atoms with Crippen molar-refractivity contribution in [1.82, 2.24) is 9.80 Å². The van der Waals surface area contributed by atoms with Crippen LogP contribution in [0.5, 0.6) is 0 Å². The fourth-order valence-electron chi connectivity index (χ4n) is 2.66. The third kappa shape index (κ3) is 3.26. The molecule has 0 bridgehead atoms. The molecule has 2 amide bonds. The predicted molar refractivity (Wildman–Crippen MR) is 88.4 cm³/mol. The smallest absolute Gasteiger partial charge is 0.212 e. The van der Waals surface area contributed by atoms with E-state index < -0.39 is 0 Å². The van der Waals surface area contributed by atoms with Crippen molar-refractivity contribution in [3.8, 4) is 0 Å². The van der Waals surface area contributed by atoms with Gasteiger partial charge in [0.2, 0.25) is 12.8 Å². The highest BCUT2D eigenvalue weighted by atomic mass is 16.2. The molecule has 0 radical (unpaired) electrons. The Morgan fingerprint density at radius 2 is 1.13 bits per heavy atom. The summed E-state index contributed by atoms with van der Waals surface area (Å²) in [5.74, 6) is 0. The number of anilines is 2. The van der Waals surface area contributed by atoms with Gasteiger partial charge in [-0.3, -0.25) is 9.59 Å². The minimum absolute atomic E-state index is 0.238. The van der Waals surface area contributed by atoms with Crippen LogP contribution in [-0.2, 0) is 9.59 Å². The molecule has 2 unspecified atom stereocenters. The summed E-state index contributed by atoms with van der Waals surface area (Å²) in [6.45, 7) is 0.238. The van der Waals surface area contributed by atoms with Crippen LogP contribution in [0.25, 0.3) is 0 Å². The van der Waals surface area contributed by atoms with Gasteiger partial charge in [-0.25, -0.2) is 0 Å². The van der Waals surface area contributed by atoms with Crippen molar-refractivity contribution in [3.05, 3.63) is 60.7 Å². The first-order valence-electron chi connectivity index (χ1n) is 7.37. The second-order valence-corrected chi connectivity index (χ2v) is 5.29. The van der Waals surface area contributed by atoms with Crippen molar-refractivity contribution < 1.29 is 9.59 Å². The number of benzene rings is 2. The van der Waals surface area contributed by atoms with Crippen molar-refractivity contribution in [3.63, 3.8) is 0 Å². The number of amides is 2. The van der Waals surface area contributed by atoms with E-state index in [-0.39, 0.29) is 19.0 Å². The Morgan fingerprint density at radius 1 is 0.739 bits per heavy atom. The van der Waals surface area contributed by atoms with Gasteiger partial charge in [0, 0.05) is 11.4 Å². The average Bonchev–Trinajstić information content (AvgIpc) is 2.93. The molecule has 6 nitrogen and oxygen atoms in total. The Balaban J connectivity index is 1.84. The first-order valence-corrected chi connectivity index (χ1v) is 7.37. The van der Waals surface area contributed by atoms with E-state index in [0.717, 1.165) is 24.2 Å². The van der Waals surface area contributed by atoms with Gasteiger partial charge in [0.25, 0.3) is 0 Å². The summed E-state index contributed by atoms with van der Waals surface area (Å²) < 4.78 is 0. The molecule has 1 aliphatic heterocycles. The minimum atomic E-state index is -0.361. The van der Waals surface area contributed by atoms with Gasteiger partial charge in [0.05, 0.1) is 6.67 Å². The van der Waals surface area contributed by atoms with Crippen LogP contribution in [0.1, 0.15) is 0 Å². The number of nitrogens with zero attached hydrogens (tertiary/aromatic N) is 2. The molecule has 3 rings (SSSR count). The van der Waals surface area contributed by atoms with E-state index in [9.17, 15) is 9.59 Å². The highest BCUT2D eigenvalue weighted by molar-refractivity contribution is 5.59. The molecule has 6 heteroatoms. The standard InChI is InChI=1S/C17H18N4O2/c22-12-20-11-21(13-23)17(19-15-9-5-2-6-10-15)16(20)18-14-7-3-1-4-8-14/h1-10,12-13,16-19H,11H2. The van der Waals surface area contributed by atoms with Crippen molar-refractivity contribution >= 4 is 24.2 Å². The largest absolute Gasteiger partial charge is 0.362 e. The fourth-order valence-corrected chi connectivity index (χ4v) is 2.66. The highest BCUT2D eigenvalue weighted by Crippen LogP contribution is 2.22. The van der Waals surface area contributed by atoms with E-state index in [2.05, 4.69) is 10.6 Å². The third-order valence-electron chi connectivity index (χ3n) is 3.79. The summed E-state index contributed by atoms with van der Waals surface area (Å²) >= 11 is 0. The molecule has 0 saturated carbocycles. The number of carbonyl (C=O) groups excluding carboxylic acids is 2. The van der Waals surface area contributed by atoms with Crippen LogP contribution < -0.4 is 10.6 Å². The van der Waals surface area contributed by atoms with Gasteiger partial charge in [-0.1, -0.05) is 36.4 Å². The summed E-state index contributed by atoms with van der Waals surface area (Å²) in [6.07, 6.45) is 0.786. The molecule has 0 aromatic heterocycles. The molecule has 118 valence electrons. The number of hydrogen-bond acceptors (Lipinski definition) is 4. The molecular weight excluding hydrogens is 292 g/mol. The maximum atomic E-state index is 11.4. The van der Waals surface area contributed by atoms with Crippen LogP contribution in [0.4, 0.5) is 11.4 Å². The number of nitrogens with one attached hydrogen (secondary N) is 2. The summed E-state index contributed by atoms with van der Waals surface area (Å²) in [4.78, 5) is 25.9. The molecule has 23 heavy (non-hydrogen) atoms. The quantitative estimate of drug-likeness (QED) is 0.798. The maximum absolute atomic E-state index is 11.4. The molecule has 2 aromatic carbocycles. The van der Waals surface area contributed by atoms with E-state index in [0.29, 0.717) is 0 Å². The van der Waals surface area contributed by atoms with Gasteiger partial charge in [0.15, 0.2) is 0 Å². The van der Waals surface area contributed by atoms with Gasteiger partial charge < -0.3 is 20.4 Å². The summed E-state index contributed by atoms with van der Waals surface area (Å²) in [5, 5.41) is 6.62. The fraction of sp³-hybridized carbons (Fsp3) is 0.176. The first-order chi connectivity index (χ1) is 11.3. The number of para-hydroxylation sites is 2. The van der Waals surface area contributed by atoms with Crippen LogP contribution in [-0.4, -0.2) is 41.6 Å². The van der Waals surface area contributed by atoms with E-state index >= 15 is 0 Å². The molecule has 2 aromatic rings. The Morgan fingerprint density at radius 3 is 1.48 bits per heavy atom. The van der Waals surface area contributed by atoms with Gasteiger partial charge >= 0.3 is 0 Å². The topological polar surface area (TPSA) is 64.7 Å². The zero-order valence-corrected chi connectivity index (χ0v) is 12.5. The molecule has 1 saturated heterocycles. The van der Waals surface area contributed by atoms with Crippen molar-refractivity contribution in [1.29, 1.82) is 0 Å². The average molecular weight is 310 g/mol. The predicted octanol–water partition coefficient (Wildman–Crippen LogP) is 1.75. The van der Waals surface area contributed by atoms with Crippen LogP contribution in [0.2, 0.25) is 0 Å². The molecule has 1 fully saturated rings. The molecule has 0 aliphatic carbocycles. The third-order valence-corrected chi connectivity index (χ3v) is 3.79. The second kappa shape index (κ2) is 6.83. The molecular formula is C17H18N4O2. The van der Waals surface area contributed by atoms with Crippen molar-refractivity contribution in [2.45, 2.75) is 12.3 Å². The number of hydrogen-bond donors (Lipinski definition) is 2. The zero-order valence-electron chi connectivity index (χ0n) is 12.5. The Kier molecular flexibility index (Phi) is 4.42. The summed E-state index contributed by atoms with van der Waals surface area (Å²) in [7, 11) is 0. The SMILES string of the molecule is O=CN1CN(C=O)C(Nc2ccccc2)C1Nc1ccccc1. The number of rotatable bonds is 6. The number of carbonyl (C=O) groups is 2. The molecule has 1 heterocycles. The lowest BCUT2D eigenvalue weighted by Gasteiger charge is -2.28. The lowest BCUT2D eigenvalue weighted by Crippen LogP contribution is -2.47. The lowest BCUT2D eigenvalue weighted by atomic mass is 10.2. The van der Waals surface area contributed by atoms with Crippen LogP contribution in [0.3, 0.4) is 0 Å². The highest BCUT2D eigenvalue weighted by Gasteiger charge is 2.39. The van der Waals surface area contributed by atoms with Gasteiger partial charge in [0.1, 0.15) is 12.3 Å². The van der Waals surface area contributed by atoms with Gasteiger partial charge in [-0.05, 0) is 24.3 Å². The Hall–Kier alpha value is -3.02. The van der Waals surface area contributed by atoms with Gasteiger partial charge in [-0.15, -0.1) is 0 Å². The molecule has 0 spiro atoms. The van der Waals surface area contributed by atoms with Crippen molar-refractivity contribution in [2.75, 3.05) is 17.3 Å². The summed E-state index contributed by atoms with van der Waals surface area (Å²) in [6, 6.07) is 19.2. The first kappa shape index (κ1) is 14.9. The normalized spacial score (nSPS) is 20.2. The molecule has 2 N–H and O–H groups in total. The van der Waals surface area contributed by atoms with Crippen LogP contribution >= 0.6 is 0 Å². The monoisotopic (exact) mass is 310 g/mol. The van der Waals surface area contributed by atoms with Crippen molar-refractivity contribution in [2.24, 2.45) is 0 Å². The maximum Gasteiger partial charge on any atom is 0.212 e. The Labute approximate surface area is 134 Å². The molecule has 1 aliphatic rings. The van der Waals surface area contributed by atoms with Crippen LogP contribution in [0, 0.1) is 0 Å². The van der Waals surface area contributed by atoms with E-state index in [1.165, 1.54) is 0 Å².